The van der Waals surface area contributed by atoms with Crippen molar-refractivity contribution in [3.63, 3.8) is 0 Å². The lowest BCUT2D eigenvalue weighted by atomic mass is 9.91. The van der Waals surface area contributed by atoms with E-state index in [1.807, 2.05) is 12.1 Å². The van der Waals surface area contributed by atoms with E-state index in [1.165, 1.54) is 38.2 Å². The van der Waals surface area contributed by atoms with Gasteiger partial charge in [0.2, 0.25) is 0 Å². The molecule has 2 aromatic heterocycles. The van der Waals surface area contributed by atoms with Gasteiger partial charge in [-0.2, -0.15) is 0 Å². The Bertz CT molecular complexity index is 1550. The molecular weight excluding hydrogens is 368 g/mol. The largest absolute Gasteiger partial charge is 0.456 e. The Balaban J connectivity index is 1.47. The number of hydrogen-bond donors (Lipinski definition) is 0. The minimum absolute atomic E-state index is 0.301. The predicted octanol–water partition coefficient (Wildman–Crippen LogP) is 8.14. The van der Waals surface area contributed by atoms with Crippen molar-refractivity contribution in [3.8, 4) is 0 Å². The van der Waals surface area contributed by atoms with E-state index in [9.17, 15) is 0 Å². The zero-order valence-electron chi connectivity index (χ0n) is 17.1. The van der Waals surface area contributed by atoms with Crippen LogP contribution in [0.2, 0.25) is 0 Å². The van der Waals surface area contributed by atoms with E-state index in [1.54, 1.807) is 0 Å². The molecule has 0 bridgehead atoms. The first-order chi connectivity index (χ1) is 14.7. The summed E-state index contributed by atoms with van der Waals surface area (Å²) in [6.07, 6.45) is 0.895. The van der Waals surface area contributed by atoms with Gasteiger partial charge in [-0.05, 0) is 48.6 Å². The van der Waals surface area contributed by atoms with Crippen molar-refractivity contribution < 1.29 is 8.83 Å². The quantitative estimate of drug-likeness (QED) is 0.305. The number of para-hydroxylation sites is 3. The summed E-state index contributed by atoms with van der Waals surface area (Å²) in [7, 11) is 0. The smallest absolute Gasteiger partial charge is 0.138 e. The summed E-state index contributed by atoms with van der Waals surface area (Å²) in [6.45, 7) is 4.39. The summed E-state index contributed by atoms with van der Waals surface area (Å²) in [5.74, 6) is 0.301. The highest BCUT2D eigenvalue weighted by Gasteiger charge is 2.18. The third-order valence-corrected chi connectivity index (χ3v) is 6.23. The lowest BCUT2D eigenvalue weighted by Gasteiger charge is -2.13. The highest BCUT2D eigenvalue weighted by molar-refractivity contribution is 6.07. The standard InChI is InChI=1S/C28H22O2/c1-17-13-14-26-24(15-17)23-10-5-7-19(27(23)29-26)16-18(2)20-9-6-11-22-21-8-3-4-12-25(21)30-28(20)22/h3-15,18H,16H2,1-2H3/t18-/m1/s1. The van der Waals surface area contributed by atoms with Gasteiger partial charge in [0.15, 0.2) is 0 Å². The fourth-order valence-corrected chi connectivity index (χ4v) is 4.73. The average molecular weight is 390 g/mol. The monoisotopic (exact) mass is 390 g/mol. The van der Waals surface area contributed by atoms with Crippen LogP contribution in [0.5, 0.6) is 0 Å². The number of hydrogen-bond acceptors (Lipinski definition) is 2. The topological polar surface area (TPSA) is 26.3 Å². The molecule has 4 aromatic carbocycles. The molecule has 0 radical (unpaired) electrons. The van der Waals surface area contributed by atoms with E-state index in [4.69, 9.17) is 8.83 Å². The Hall–Kier alpha value is -3.52. The van der Waals surface area contributed by atoms with Gasteiger partial charge in [-0.15, -0.1) is 0 Å². The molecule has 1 atom stereocenters. The van der Waals surface area contributed by atoms with Gasteiger partial charge in [-0.1, -0.05) is 73.2 Å². The first-order valence-corrected chi connectivity index (χ1v) is 10.5. The zero-order valence-corrected chi connectivity index (χ0v) is 17.1. The predicted molar refractivity (Wildman–Crippen MR) is 124 cm³/mol. The van der Waals surface area contributed by atoms with Gasteiger partial charge in [-0.25, -0.2) is 0 Å². The molecule has 0 aliphatic rings. The Labute approximate surface area is 174 Å². The van der Waals surface area contributed by atoms with Crippen LogP contribution < -0.4 is 0 Å². The molecule has 0 N–H and O–H groups in total. The second-order valence-corrected chi connectivity index (χ2v) is 8.32. The Kier molecular flexibility index (Phi) is 3.76. The lowest BCUT2D eigenvalue weighted by molar-refractivity contribution is 0.641. The molecule has 2 heteroatoms. The van der Waals surface area contributed by atoms with Crippen molar-refractivity contribution in [1.82, 2.24) is 0 Å². The number of aryl methyl sites for hydroxylation is 1. The van der Waals surface area contributed by atoms with E-state index in [0.717, 1.165) is 28.8 Å². The van der Waals surface area contributed by atoms with E-state index < -0.39 is 0 Å². The molecule has 6 aromatic rings. The maximum Gasteiger partial charge on any atom is 0.138 e. The minimum atomic E-state index is 0.301. The van der Waals surface area contributed by atoms with Crippen LogP contribution in [0.3, 0.4) is 0 Å². The molecule has 0 amide bonds. The van der Waals surface area contributed by atoms with Gasteiger partial charge in [0.25, 0.3) is 0 Å². The normalized spacial score (nSPS) is 13.0. The van der Waals surface area contributed by atoms with Gasteiger partial charge < -0.3 is 8.83 Å². The van der Waals surface area contributed by atoms with Crippen molar-refractivity contribution in [1.29, 1.82) is 0 Å². The molecule has 0 aliphatic heterocycles. The number of fused-ring (bicyclic) bond motifs is 6. The van der Waals surface area contributed by atoms with Crippen LogP contribution in [0, 0.1) is 6.92 Å². The molecule has 146 valence electrons. The SMILES string of the molecule is Cc1ccc2oc3c(C[C@@H](C)c4cccc5c4oc4ccccc45)cccc3c2c1. The Morgan fingerprint density at radius 3 is 2.27 bits per heavy atom. The third-order valence-electron chi connectivity index (χ3n) is 6.23. The highest BCUT2D eigenvalue weighted by atomic mass is 16.3. The summed E-state index contributed by atoms with van der Waals surface area (Å²) in [6, 6.07) is 27.6. The Morgan fingerprint density at radius 2 is 1.37 bits per heavy atom. The zero-order chi connectivity index (χ0) is 20.2. The van der Waals surface area contributed by atoms with Gasteiger partial charge in [-0.3, -0.25) is 0 Å². The molecule has 0 saturated carbocycles. The number of rotatable bonds is 3. The van der Waals surface area contributed by atoms with Crippen LogP contribution in [0.25, 0.3) is 43.9 Å². The van der Waals surface area contributed by atoms with Crippen LogP contribution in [-0.2, 0) is 6.42 Å². The summed E-state index contributed by atoms with van der Waals surface area (Å²) >= 11 is 0. The fraction of sp³-hybridized carbons (Fsp3) is 0.143. The molecule has 6 rings (SSSR count). The van der Waals surface area contributed by atoms with Gasteiger partial charge in [0, 0.05) is 21.5 Å². The highest BCUT2D eigenvalue weighted by Crippen LogP contribution is 2.37. The molecular formula is C28H22O2. The van der Waals surface area contributed by atoms with Crippen molar-refractivity contribution in [2.24, 2.45) is 0 Å². The molecule has 0 spiro atoms. The van der Waals surface area contributed by atoms with Crippen LogP contribution in [-0.4, -0.2) is 0 Å². The van der Waals surface area contributed by atoms with Crippen molar-refractivity contribution in [2.45, 2.75) is 26.2 Å². The van der Waals surface area contributed by atoms with E-state index in [-0.39, 0.29) is 0 Å². The third kappa shape index (κ3) is 2.57. The van der Waals surface area contributed by atoms with E-state index in [2.05, 4.69) is 80.6 Å². The molecule has 30 heavy (non-hydrogen) atoms. The van der Waals surface area contributed by atoms with Gasteiger partial charge in [0.1, 0.15) is 22.3 Å². The lowest BCUT2D eigenvalue weighted by Crippen LogP contribution is -1.99. The first kappa shape index (κ1) is 17.3. The maximum atomic E-state index is 6.29. The Morgan fingerprint density at radius 1 is 0.667 bits per heavy atom. The molecule has 2 nitrogen and oxygen atoms in total. The first-order valence-electron chi connectivity index (χ1n) is 10.5. The van der Waals surface area contributed by atoms with Crippen molar-refractivity contribution >= 4 is 43.9 Å². The van der Waals surface area contributed by atoms with Crippen LogP contribution in [0.4, 0.5) is 0 Å². The van der Waals surface area contributed by atoms with E-state index >= 15 is 0 Å². The summed E-state index contributed by atoms with van der Waals surface area (Å²) < 4.78 is 12.6. The second-order valence-electron chi connectivity index (χ2n) is 8.32. The summed E-state index contributed by atoms with van der Waals surface area (Å²) in [4.78, 5) is 0. The average Bonchev–Trinajstić information content (AvgIpc) is 3.32. The summed E-state index contributed by atoms with van der Waals surface area (Å²) in [5.41, 5.74) is 7.63. The van der Waals surface area contributed by atoms with Gasteiger partial charge in [0.05, 0.1) is 0 Å². The molecule has 0 aliphatic carbocycles. The molecule has 0 saturated heterocycles. The maximum absolute atomic E-state index is 6.29. The van der Waals surface area contributed by atoms with Crippen LogP contribution >= 0.6 is 0 Å². The molecule has 0 fully saturated rings. The molecule has 0 unspecified atom stereocenters. The van der Waals surface area contributed by atoms with Gasteiger partial charge >= 0.3 is 0 Å². The minimum Gasteiger partial charge on any atom is -0.456 e. The van der Waals surface area contributed by atoms with E-state index in [0.29, 0.717) is 5.92 Å². The molecule has 2 heterocycles. The fourth-order valence-electron chi connectivity index (χ4n) is 4.73. The van der Waals surface area contributed by atoms with Crippen molar-refractivity contribution in [3.05, 3.63) is 95.6 Å². The van der Waals surface area contributed by atoms with Crippen molar-refractivity contribution in [2.75, 3.05) is 0 Å². The number of benzene rings is 4. The second kappa shape index (κ2) is 6.50. The van der Waals surface area contributed by atoms with Crippen LogP contribution in [0.1, 0.15) is 29.5 Å². The summed E-state index contributed by atoms with van der Waals surface area (Å²) in [5, 5.41) is 4.75. The van der Waals surface area contributed by atoms with Crippen LogP contribution in [0.15, 0.2) is 87.7 Å². The number of furan rings is 2.